The molecule has 18 heavy (non-hydrogen) atoms. The number of carboxylic acids is 1. The third-order valence-electron chi connectivity index (χ3n) is 2.99. The summed E-state index contributed by atoms with van der Waals surface area (Å²) in [7, 11) is 0. The first kappa shape index (κ1) is 12.2. The monoisotopic (exact) mass is 244 g/mol. The molecule has 4 heteroatoms. The zero-order valence-electron chi connectivity index (χ0n) is 10.7. The molecule has 1 aromatic heterocycles. The number of hydrogen-bond donors (Lipinski definition) is 3. The summed E-state index contributed by atoms with van der Waals surface area (Å²) in [5.74, 6) is -0.949. The van der Waals surface area contributed by atoms with Crippen molar-refractivity contribution in [1.82, 2.24) is 4.98 Å². The second-order valence-electron chi connectivity index (χ2n) is 4.43. The molecule has 2 rings (SSSR count). The van der Waals surface area contributed by atoms with Crippen LogP contribution in [0.2, 0.25) is 0 Å². The van der Waals surface area contributed by atoms with Gasteiger partial charge in [-0.1, -0.05) is 0 Å². The number of aromatic nitrogens is 1. The van der Waals surface area contributed by atoms with Gasteiger partial charge in [0, 0.05) is 34.1 Å². The summed E-state index contributed by atoms with van der Waals surface area (Å²) in [6.07, 6.45) is 1.15. The molecule has 0 aliphatic carbocycles. The molecule has 1 heterocycles. The Labute approximate surface area is 105 Å². The van der Waals surface area contributed by atoms with E-state index in [-0.39, 0.29) is 0 Å². The van der Waals surface area contributed by atoms with Crippen LogP contribution in [0.5, 0.6) is 0 Å². The number of allylic oxidation sites excluding steroid dienone is 1. The van der Waals surface area contributed by atoms with Crippen molar-refractivity contribution in [1.29, 1.82) is 0 Å². The van der Waals surface area contributed by atoms with Gasteiger partial charge in [0.1, 0.15) is 0 Å². The van der Waals surface area contributed by atoms with Gasteiger partial charge in [-0.25, -0.2) is 4.79 Å². The van der Waals surface area contributed by atoms with Crippen LogP contribution < -0.4 is 5.32 Å². The fraction of sp³-hybridized carbons (Fsp3) is 0.214. The topological polar surface area (TPSA) is 65.1 Å². The summed E-state index contributed by atoms with van der Waals surface area (Å²) >= 11 is 0. The van der Waals surface area contributed by atoms with Crippen molar-refractivity contribution in [2.75, 3.05) is 5.32 Å². The minimum absolute atomic E-state index is 0.603. The van der Waals surface area contributed by atoms with Gasteiger partial charge >= 0.3 is 5.97 Å². The highest BCUT2D eigenvalue weighted by molar-refractivity contribution is 5.88. The molecule has 3 N–H and O–H groups in total. The molecular formula is C14H16N2O2. The molecule has 0 saturated carbocycles. The number of H-pyrrole nitrogens is 1. The number of aryl methyl sites for hydroxylation is 2. The molecule has 4 nitrogen and oxygen atoms in total. The van der Waals surface area contributed by atoms with Crippen LogP contribution in [0.3, 0.4) is 0 Å². The van der Waals surface area contributed by atoms with Gasteiger partial charge in [-0.05, 0) is 44.5 Å². The average molecular weight is 244 g/mol. The fourth-order valence-electron chi connectivity index (χ4n) is 1.99. The van der Waals surface area contributed by atoms with Crippen molar-refractivity contribution in [3.63, 3.8) is 0 Å². The van der Waals surface area contributed by atoms with Crippen molar-refractivity contribution >= 4 is 22.6 Å². The second kappa shape index (κ2) is 4.56. The molecule has 2 aromatic rings. The SMILES string of the molecule is C/C(=C/C(=O)O)Nc1ccc2[nH]c(C)c(C)c2c1. The van der Waals surface area contributed by atoms with E-state index in [9.17, 15) is 4.79 Å². The largest absolute Gasteiger partial charge is 0.478 e. The van der Waals surface area contributed by atoms with Gasteiger partial charge in [-0.3, -0.25) is 0 Å². The second-order valence-corrected chi connectivity index (χ2v) is 4.43. The third kappa shape index (κ3) is 2.37. The summed E-state index contributed by atoms with van der Waals surface area (Å²) in [6, 6.07) is 5.94. The highest BCUT2D eigenvalue weighted by Gasteiger charge is 2.05. The zero-order valence-corrected chi connectivity index (χ0v) is 10.7. The van der Waals surface area contributed by atoms with E-state index in [0.29, 0.717) is 5.70 Å². The number of fused-ring (bicyclic) bond motifs is 1. The lowest BCUT2D eigenvalue weighted by atomic mass is 10.1. The Hall–Kier alpha value is -2.23. The van der Waals surface area contributed by atoms with Gasteiger partial charge in [0.05, 0.1) is 0 Å². The molecule has 0 amide bonds. The van der Waals surface area contributed by atoms with Crippen molar-refractivity contribution < 1.29 is 9.90 Å². The van der Waals surface area contributed by atoms with Crippen molar-refractivity contribution in [2.45, 2.75) is 20.8 Å². The molecule has 0 saturated heterocycles. The summed E-state index contributed by atoms with van der Waals surface area (Å²) in [4.78, 5) is 13.9. The molecule has 0 aliphatic heterocycles. The van der Waals surface area contributed by atoms with Crippen LogP contribution in [0.1, 0.15) is 18.2 Å². The number of carboxylic acid groups (broad SMARTS) is 1. The quantitative estimate of drug-likeness (QED) is 0.726. The average Bonchev–Trinajstić information content (AvgIpc) is 2.54. The molecule has 0 bridgehead atoms. The maximum Gasteiger partial charge on any atom is 0.330 e. The van der Waals surface area contributed by atoms with Gasteiger partial charge in [0.15, 0.2) is 0 Å². The Bertz CT molecular complexity index is 639. The lowest BCUT2D eigenvalue weighted by Crippen LogP contribution is -1.99. The van der Waals surface area contributed by atoms with Crippen molar-refractivity contribution in [2.24, 2.45) is 0 Å². The van der Waals surface area contributed by atoms with Gasteiger partial charge in [0.2, 0.25) is 0 Å². The van der Waals surface area contributed by atoms with Crippen molar-refractivity contribution in [3.05, 3.63) is 41.2 Å². The van der Waals surface area contributed by atoms with E-state index >= 15 is 0 Å². The molecule has 0 unspecified atom stereocenters. The van der Waals surface area contributed by atoms with Crippen LogP contribution in [-0.2, 0) is 4.79 Å². The van der Waals surface area contributed by atoms with E-state index in [1.807, 2.05) is 25.1 Å². The minimum Gasteiger partial charge on any atom is -0.478 e. The van der Waals surface area contributed by atoms with Crippen LogP contribution in [0.15, 0.2) is 30.0 Å². The lowest BCUT2D eigenvalue weighted by molar-refractivity contribution is -0.131. The maximum atomic E-state index is 10.5. The molecule has 94 valence electrons. The predicted octanol–water partition coefficient (Wildman–Crippen LogP) is 3.19. The van der Waals surface area contributed by atoms with E-state index in [4.69, 9.17) is 5.11 Å². The number of nitrogens with one attached hydrogen (secondary N) is 2. The zero-order chi connectivity index (χ0) is 13.3. The molecule has 0 radical (unpaired) electrons. The first-order valence-electron chi connectivity index (χ1n) is 5.74. The van der Waals surface area contributed by atoms with Crippen LogP contribution in [0, 0.1) is 13.8 Å². The molecular weight excluding hydrogens is 228 g/mol. The van der Waals surface area contributed by atoms with Crippen LogP contribution in [0.4, 0.5) is 5.69 Å². The minimum atomic E-state index is -0.949. The van der Waals surface area contributed by atoms with E-state index in [1.54, 1.807) is 6.92 Å². The Balaban J connectivity index is 2.35. The summed E-state index contributed by atoms with van der Waals surface area (Å²) in [6.45, 7) is 5.84. The Morgan fingerprint density at radius 1 is 1.39 bits per heavy atom. The predicted molar refractivity (Wildman–Crippen MR) is 72.8 cm³/mol. The van der Waals surface area contributed by atoms with E-state index < -0.39 is 5.97 Å². The van der Waals surface area contributed by atoms with Gasteiger partial charge in [-0.15, -0.1) is 0 Å². The lowest BCUT2D eigenvalue weighted by Gasteiger charge is -2.06. The summed E-state index contributed by atoms with van der Waals surface area (Å²) < 4.78 is 0. The van der Waals surface area contributed by atoms with Crippen LogP contribution in [0.25, 0.3) is 10.9 Å². The maximum absolute atomic E-state index is 10.5. The number of anilines is 1. The first-order valence-corrected chi connectivity index (χ1v) is 5.74. The van der Waals surface area contributed by atoms with E-state index in [0.717, 1.165) is 28.4 Å². The number of carbonyl (C=O) groups is 1. The summed E-state index contributed by atoms with van der Waals surface area (Å²) in [5.41, 5.74) is 4.95. The molecule has 0 spiro atoms. The first-order chi connectivity index (χ1) is 8.47. The highest BCUT2D eigenvalue weighted by Crippen LogP contribution is 2.25. The van der Waals surface area contributed by atoms with E-state index in [1.165, 1.54) is 5.56 Å². The molecule has 0 aliphatic rings. The Kier molecular flexibility index (Phi) is 3.10. The number of rotatable bonds is 3. The number of hydrogen-bond acceptors (Lipinski definition) is 2. The van der Waals surface area contributed by atoms with Gasteiger partial charge in [0.25, 0.3) is 0 Å². The van der Waals surface area contributed by atoms with Crippen LogP contribution in [-0.4, -0.2) is 16.1 Å². The number of benzene rings is 1. The van der Waals surface area contributed by atoms with E-state index in [2.05, 4.69) is 17.2 Å². The third-order valence-corrected chi connectivity index (χ3v) is 2.99. The molecule has 0 atom stereocenters. The highest BCUT2D eigenvalue weighted by atomic mass is 16.4. The summed E-state index contributed by atoms with van der Waals surface area (Å²) in [5, 5.41) is 12.9. The smallest absolute Gasteiger partial charge is 0.330 e. The normalized spacial score (nSPS) is 11.8. The Morgan fingerprint density at radius 3 is 2.78 bits per heavy atom. The van der Waals surface area contributed by atoms with Crippen molar-refractivity contribution in [3.8, 4) is 0 Å². The Morgan fingerprint density at radius 2 is 2.11 bits per heavy atom. The van der Waals surface area contributed by atoms with Crippen LogP contribution >= 0.6 is 0 Å². The number of aromatic amines is 1. The molecule has 1 aromatic carbocycles. The fourth-order valence-corrected chi connectivity index (χ4v) is 1.99. The van der Waals surface area contributed by atoms with Gasteiger partial charge in [-0.2, -0.15) is 0 Å². The molecule has 0 fully saturated rings. The number of aliphatic carboxylic acids is 1. The standard InChI is InChI=1S/C14H16N2O2/c1-8(6-14(17)18)15-11-4-5-13-12(7-11)9(2)10(3)16-13/h4-7,15-16H,1-3H3,(H,17,18)/b8-6-. The van der Waals surface area contributed by atoms with Gasteiger partial charge < -0.3 is 15.4 Å².